The minimum Gasteiger partial charge on any atom is -0.360 e. The Balaban J connectivity index is 2.57. The topological polar surface area (TPSA) is 28.1 Å². The second-order valence-electron chi connectivity index (χ2n) is 1.75. The Morgan fingerprint density at radius 2 is 2.67 bits per heavy atom. The summed E-state index contributed by atoms with van der Waals surface area (Å²) in [5, 5.41) is 0. The Bertz CT molecular complexity index is 175. The van der Waals surface area contributed by atoms with Crippen molar-refractivity contribution >= 4 is 6.21 Å². The second-order valence-corrected chi connectivity index (χ2v) is 1.75. The summed E-state index contributed by atoms with van der Waals surface area (Å²) in [6.07, 6.45) is 3.72. The molecule has 0 spiro atoms. The van der Waals surface area contributed by atoms with Crippen LogP contribution in [0.1, 0.15) is 12.6 Å². The molecule has 0 atom stereocenters. The summed E-state index contributed by atoms with van der Waals surface area (Å²) < 4.78 is 0. The second kappa shape index (κ2) is 3.07. The maximum atomic E-state index is 4.06. The molecule has 48 valence electrons. The van der Waals surface area contributed by atoms with E-state index >= 15 is 0 Å². The van der Waals surface area contributed by atoms with Crippen LogP contribution in [0.25, 0.3) is 0 Å². The van der Waals surface area contributed by atoms with Gasteiger partial charge >= 0.3 is 0 Å². The van der Waals surface area contributed by atoms with Crippen molar-refractivity contribution in [3.63, 3.8) is 0 Å². The molecule has 0 saturated heterocycles. The highest BCUT2D eigenvalue weighted by atomic mass is 14.7. The van der Waals surface area contributed by atoms with Gasteiger partial charge in [0.1, 0.15) is 0 Å². The van der Waals surface area contributed by atoms with Crippen LogP contribution in [-0.2, 0) is 0 Å². The number of rotatable bonds is 2. The van der Waals surface area contributed by atoms with E-state index in [1.54, 1.807) is 0 Å². The van der Waals surface area contributed by atoms with Gasteiger partial charge in [0.15, 0.2) is 0 Å². The van der Waals surface area contributed by atoms with Crippen molar-refractivity contribution in [2.75, 3.05) is 6.54 Å². The summed E-state index contributed by atoms with van der Waals surface area (Å²) in [7, 11) is 0. The van der Waals surface area contributed by atoms with Crippen LogP contribution in [0.15, 0.2) is 23.3 Å². The monoisotopic (exact) mass is 122 g/mol. The van der Waals surface area contributed by atoms with Crippen LogP contribution in [0, 0.1) is 0 Å². The van der Waals surface area contributed by atoms with Gasteiger partial charge in [0.05, 0.1) is 5.69 Å². The summed E-state index contributed by atoms with van der Waals surface area (Å²) in [4.78, 5) is 7.08. The zero-order valence-electron chi connectivity index (χ0n) is 5.46. The molecule has 0 fully saturated rings. The van der Waals surface area contributed by atoms with Crippen molar-refractivity contribution in [1.82, 2.24) is 4.98 Å². The fraction of sp³-hybridized carbons (Fsp3) is 0.286. The molecule has 0 saturated carbocycles. The summed E-state index contributed by atoms with van der Waals surface area (Å²) in [5.74, 6) is 0. The quantitative estimate of drug-likeness (QED) is 0.575. The van der Waals surface area contributed by atoms with E-state index in [0.717, 1.165) is 12.2 Å². The van der Waals surface area contributed by atoms with Crippen LogP contribution in [0.5, 0.6) is 0 Å². The third kappa shape index (κ3) is 1.72. The van der Waals surface area contributed by atoms with Gasteiger partial charge in [0.2, 0.25) is 0 Å². The number of hydrogen-bond acceptors (Lipinski definition) is 1. The predicted molar refractivity (Wildman–Crippen MR) is 38.9 cm³/mol. The number of nitrogens with zero attached hydrogens (tertiary/aromatic N) is 1. The van der Waals surface area contributed by atoms with Gasteiger partial charge in [-0.1, -0.05) is 0 Å². The van der Waals surface area contributed by atoms with E-state index in [2.05, 4.69) is 9.98 Å². The molecule has 0 aromatic carbocycles. The molecule has 0 amide bonds. The zero-order chi connectivity index (χ0) is 6.53. The van der Waals surface area contributed by atoms with E-state index in [9.17, 15) is 0 Å². The first-order chi connectivity index (χ1) is 4.43. The van der Waals surface area contributed by atoms with Crippen LogP contribution >= 0.6 is 0 Å². The first-order valence-electron chi connectivity index (χ1n) is 3.06. The largest absolute Gasteiger partial charge is 0.360 e. The van der Waals surface area contributed by atoms with E-state index < -0.39 is 0 Å². The van der Waals surface area contributed by atoms with Crippen molar-refractivity contribution in [3.8, 4) is 0 Å². The lowest BCUT2D eigenvalue weighted by Gasteiger charge is -1.81. The van der Waals surface area contributed by atoms with Gasteiger partial charge in [0, 0.05) is 19.0 Å². The summed E-state index contributed by atoms with van der Waals surface area (Å²) >= 11 is 0. The Hall–Kier alpha value is -1.05. The number of nitrogens with one attached hydrogen (secondary N) is 1. The van der Waals surface area contributed by atoms with Crippen LogP contribution in [0.2, 0.25) is 0 Å². The number of aliphatic imine (C=N–C) groups is 1. The fourth-order valence-electron chi connectivity index (χ4n) is 0.614. The maximum Gasteiger partial charge on any atom is 0.0561 e. The van der Waals surface area contributed by atoms with E-state index in [4.69, 9.17) is 0 Å². The first kappa shape index (κ1) is 6.08. The van der Waals surface area contributed by atoms with Crippen LogP contribution in [0.3, 0.4) is 0 Å². The van der Waals surface area contributed by atoms with Gasteiger partial charge in [0.25, 0.3) is 0 Å². The van der Waals surface area contributed by atoms with E-state index in [1.165, 1.54) is 0 Å². The molecule has 9 heavy (non-hydrogen) atoms. The van der Waals surface area contributed by atoms with Gasteiger partial charge in [-0.2, -0.15) is 0 Å². The maximum absolute atomic E-state index is 4.06. The predicted octanol–water partition coefficient (Wildman–Crippen LogP) is 1.45. The SMILES string of the molecule is CC/N=C/c1ccc[nH]1. The summed E-state index contributed by atoms with van der Waals surface area (Å²) in [6, 6.07) is 3.94. The van der Waals surface area contributed by atoms with Crippen molar-refractivity contribution in [2.24, 2.45) is 4.99 Å². The molecule has 0 aliphatic carbocycles. The molecule has 1 aromatic rings. The smallest absolute Gasteiger partial charge is 0.0561 e. The van der Waals surface area contributed by atoms with Crippen LogP contribution in [0.4, 0.5) is 0 Å². The van der Waals surface area contributed by atoms with E-state index in [0.29, 0.717) is 0 Å². The number of H-pyrrole nitrogens is 1. The average molecular weight is 122 g/mol. The molecule has 0 aliphatic rings. The van der Waals surface area contributed by atoms with Crippen molar-refractivity contribution in [1.29, 1.82) is 0 Å². The lowest BCUT2D eigenvalue weighted by molar-refractivity contribution is 1.14. The van der Waals surface area contributed by atoms with Gasteiger partial charge in [-0.3, -0.25) is 4.99 Å². The van der Waals surface area contributed by atoms with Gasteiger partial charge in [-0.05, 0) is 19.1 Å². The molecule has 1 N–H and O–H groups in total. The highest BCUT2D eigenvalue weighted by Crippen LogP contribution is 1.88. The summed E-state index contributed by atoms with van der Waals surface area (Å²) in [5.41, 5.74) is 1.07. The van der Waals surface area contributed by atoms with Crippen molar-refractivity contribution in [2.45, 2.75) is 6.92 Å². The van der Waals surface area contributed by atoms with Crippen molar-refractivity contribution < 1.29 is 0 Å². The number of aromatic amines is 1. The van der Waals surface area contributed by atoms with E-state index in [1.807, 2.05) is 31.5 Å². The molecular formula is C7H10N2. The molecular weight excluding hydrogens is 112 g/mol. The molecule has 1 aromatic heterocycles. The van der Waals surface area contributed by atoms with Crippen LogP contribution in [-0.4, -0.2) is 17.7 Å². The fourth-order valence-corrected chi connectivity index (χ4v) is 0.614. The number of hydrogen-bond donors (Lipinski definition) is 1. The molecule has 0 radical (unpaired) electrons. The standard InChI is InChI=1S/C7H10N2/c1-2-8-6-7-4-3-5-9-7/h3-6,9H,2H2,1H3/b8-6+. The Morgan fingerprint density at radius 3 is 3.22 bits per heavy atom. The molecule has 1 heterocycles. The lowest BCUT2D eigenvalue weighted by Crippen LogP contribution is -1.79. The van der Waals surface area contributed by atoms with E-state index in [-0.39, 0.29) is 0 Å². The third-order valence-corrected chi connectivity index (χ3v) is 1.03. The number of aromatic nitrogens is 1. The highest BCUT2D eigenvalue weighted by molar-refractivity contribution is 5.76. The lowest BCUT2D eigenvalue weighted by atomic mass is 10.5. The highest BCUT2D eigenvalue weighted by Gasteiger charge is 1.80. The Labute approximate surface area is 54.6 Å². The van der Waals surface area contributed by atoms with Crippen molar-refractivity contribution in [3.05, 3.63) is 24.0 Å². The normalized spacial score (nSPS) is 10.8. The summed E-state index contributed by atoms with van der Waals surface area (Å²) in [6.45, 7) is 2.86. The van der Waals surface area contributed by atoms with Gasteiger partial charge < -0.3 is 4.98 Å². The minimum absolute atomic E-state index is 0.846. The Kier molecular flexibility index (Phi) is 2.07. The Morgan fingerprint density at radius 1 is 1.78 bits per heavy atom. The first-order valence-corrected chi connectivity index (χ1v) is 3.06. The molecule has 2 heteroatoms. The minimum atomic E-state index is 0.846. The van der Waals surface area contributed by atoms with Gasteiger partial charge in [-0.25, -0.2) is 0 Å². The molecule has 0 aliphatic heterocycles. The zero-order valence-corrected chi connectivity index (χ0v) is 5.46. The van der Waals surface area contributed by atoms with Crippen LogP contribution < -0.4 is 0 Å². The average Bonchev–Trinajstić information content (AvgIpc) is 2.34. The third-order valence-electron chi connectivity index (χ3n) is 1.03. The molecule has 1 rings (SSSR count). The van der Waals surface area contributed by atoms with Gasteiger partial charge in [-0.15, -0.1) is 0 Å². The molecule has 0 unspecified atom stereocenters. The molecule has 2 nitrogen and oxygen atoms in total. The molecule has 0 bridgehead atoms.